The molecule has 1 aliphatic heterocycles. The monoisotopic (exact) mass is 426 g/mol. The molecular weight excluding hydrogens is 400 g/mol. The van der Waals surface area contributed by atoms with E-state index in [9.17, 15) is 9.59 Å². The number of amides is 2. The summed E-state index contributed by atoms with van der Waals surface area (Å²) in [5.74, 6) is 0.160. The molecule has 0 spiro atoms. The van der Waals surface area contributed by atoms with Crippen molar-refractivity contribution >= 4 is 23.1 Å². The zero-order valence-corrected chi connectivity index (χ0v) is 18.2. The molecule has 0 saturated heterocycles. The number of carbonyl (C=O) groups excluding carboxylic acids is 2. The molecule has 0 aromatic heterocycles. The van der Waals surface area contributed by atoms with Crippen LogP contribution in [-0.2, 0) is 16.0 Å². The summed E-state index contributed by atoms with van der Waals surface area (Å²) in [6.07, 6.45) is 0.683. The molecule has 0 radical (unpaired) electrons. The Labute approximate surface area is 188 Å². The van der Waals surface area contributed by atoms with Crippen molar-refractivity contribution in [2.75, 3.05) is 11.9 Å². The van der Waals surface area contributed by atoms with Crippen LogP contribution >= 0.6 is 0 Å². The summed E-state index contributed by atoms with van der Waals surface area (Å²) in [5, 5.41) is 3.19. The van der Waals surface area contributed by atoms with Crippen molar-refractivity contribution in [3.63, 3.8) is 0 Å². The number of rotatable bonds is 8. The van der Waals surface area contributed by atoms with Crippen molar-refractivity contribution in [3.05, 3.63) is 102 Å². The Morgan fingerprint density at radius 2 is 1.44 bits per heavy atom. The summed E-state index contributed by atoms with van der Waals surface area (Å²) in [4.78, 5) is 27.9. The van der Waals surface area contributed by atoms with Gasteiger partial charge >= 0.3 is 0 Å². The van der Waals surface area contributed by atoms with Gasteiger partial charge in [0.1, 0.15) is 11.4 Å². The highest BCUT2D eigenvalue weighted by Gasteiger charge is 2.38. The third kappa shape index (κ3) is 4.72. The lowest BCUT2D eigenvalue weighted by molar-refractivity contribution is -0.136. The number of nitrogens with one attached hydrogen (secondary N) is 1. The third-order valence-corrected chi connectivity index (χ3v) is 5.19. The summed E-state index contributed by atoms with van der Waals surface area (Å²) >= 11 is 0. The van der Waals surface area contributed by atoms with Crippen molar-refractivity contribution in [3.8, 4) is 5.75 Å². The molecule has 3 aromatic rings. The highest BCUT2D eigenvalue weighted by atomic mass is 16.5. The van der Waals surface area contributed by atoms with Gasteiger partial charge in [-0.2, -0.15) is 0 Å². The van der Waals surface area contributed by atoms with Gasteiger partial charge in [-0.05, 0) is 55.7 Å². The summed E-state index contributed by atoms with van der Waals surface area (Å²) in [7, 11) is 0. The predicted molar refractivity (Wildman–Crippen MR) is 126 cm³/mol. The summed E-state index contributed by atoms with van der Waals surface area (Å²) < 4.78 is 5.69. The Morgan fingerprint density at radius 1 is 0.812 bits per heavy atom. The molecule has 1 heterocycles. The normalized spacial score (nSPS) is 13.8. The van der Waals surface area contributed by atoms with Crippen molar-refractivity contribution < 1.29 is 14.3 Å². The van der Waals surface area contributed by atoms with Crippen LogP contribution in [0.15, 0.2) is 90.6 Å². The molecule has 5 heteroatoms. The fraction of sp³-hybridized carbons (Fsp3) is 0.185. The van der Waals surface area contributed by atoms with Gasteiger partial charge in [0.05, 0.1) is 11.7 Å². The summed E-state index contributed by atoms with van der Waals surface area (Å²) in [6.45, 7) is 4.26. The number of nitrogens with zero attached hydrogens (tertiary/aromatic N) is 1. The van der Waals surface area contributed by atoms with Crippen molar-refractivity contribution in [2.24, 2.45) is 0 Å². The lowest BCUT2D eigenvalue weighted by Gasteiger charge is -2.15. The second kappa shape index (κ2) is 9.52. The summed E-state index contributed by atoms with van der Waals surface area (Å²) in [5.41, 5.74) is 3.21. The molecule has 0 fully saturated rings. The molecule has 1 aliphatic rings. The number of benzene rings is 3. The minimum Gasteiger partial charge on any atom is -0.491 e. The molecule has 0 saturated carbocycles. The largest absolute Gasteiger partial charge is 0.491 e. The van der Waals surface area contributed by atoms with E-state index in [2.05, 4.69) is 5.32 Å². The van der Waals surface area contributed by atoms with Gasteiger partial charge in [-0.1, -0.05) is 60.7 Å². The van der Waals surface area contributed by atoms with Crippen LogP contribution < -0.4 is 10.1 Å². The number of ether oxygens (including phenoxy) is 1. The standard InChI is InChI=1S/C27H26N2O3/c1-19(2)32-23-15-13-22(14-16-23)28-25-24(21-11-7-4-8-12-21)26(30)29(27(25)31)18-17-20-9-5-3-6-10-20/h3-16,19,28H,17-18H2,1-2H3. The molecule has 1 N–H and O–H groups in total. The second-order valence-electron chi connectivity index (χ2n) is 7.93. The Balaban J connectivity index is 1.60. The highest BCUT2D eigenvalue weighted by Crippen LogP contribution is 2.31. The fourth-order valence-corrected chi connectivity index (χ4v) is 3.69. The highest BCUT2D eigenvalue weighted by molar-refractivity contribution is 6.36. The van der Waals surface area contributed by atoms with E-state index in [1.807, 2.05) is 98.8 Å². The van der Waals surface area contributed by atoms with Gasteiger partial charge in [-0.25, -0.2) is 0 Å². The molecule has 4 rings (SSSR count). The van der Waals surface area contributed by atoms with Crippen LogP contribution in [0.3, 0.4) is 0 Å². The number of hydrogen-bond donors (Lipinski definition) is 1. The van der Waals surface area contributed by atoms with Gasteiger partial charge in [-0.15, -0.1) is 0 Å². The minimum atomic E-state index is -0.313. The molecule has 0 unspecified atom stereocenters. The van der Waals surface area contributed by atoms with E-state index in [1.54, 1.807) is 0 Å². The molecule has 0 aliphatic carbocycles. The lowest BCUT2D eigenvalue weighted by Crippen LogP contribution is -2.34. The average molecular weight is 427 g/mol. The van der Waals surface area contributed by atoms with Gasteiger partial charge in [0.2, 0.25) is 0 Å². The van der Waals surface area contributed by atoms with Crippen molar-refractivity contribution in [2.45, 2.75) is 26.4 Å². The molecule has 162 valence electrons. The SMILES string of the molecule is CC(C)Oc1ccc(NC2=C(c3ccccc3)C(=O)N(CCc3ccccc3)C2=O)cc1. The zero-order chi connectivity index (χ0) is 22.5. The van der Waals surface area contributed by atoms with E-state index >= 15 is 0 Å². The first-order chi connectivity index (χ1) is 15.5. The zero-order valence-electron chi connectivity index (χ0n) is 18.2. The van der Waals surface area contributed by atoms with Crippen molar-refractivity contribution in [1.82, 2.24) is 4.90 Å². The molecular formula is C27H26N2O3. The fourth-order valence-electron chi connectivity index (χ4n) is 3.69. The van der Waals surface area contributed by atoms with Gasteiger partial charge in [0, 0.05) is 12.2 Å². The lowest BCUT2D eigenvalue weighted by atomic mass is 10.0. The molecule has 32 heavy (non-hydrogen) atoms. The van der Waals surface area contributed by atoms with E-state index in [0.29, 0.717) is 24.2 Å². The van der Waals surface area contributed by atoms with Crippen LogP contribution in [-0.4, -0.2) is 29.4 Å². The number of anilines is 1. The van der Waals surface area contributed by atoms with E-state index in [4.69, 9.17) is 4.74 Å². The predicted octanol–water partition coefficient (Wildman–Crippen LogP) is 4.91. The minimum absolute atomic E-state index is 0.0772. The maximum Gasteiger partial charge on any atom is 0.278 e. The van der Waals surface area contributed by atoms with Crippen LogP contribution in [0.4, 0.5) is 5.69 Å². The Kier molecular flexibility index (Phi) is 6.36. The smallest absolute Gasteiger partial charge is 0.278 e. The molecule has 3 aromatic carbocycles. The first kappa shape index (κ1) is 21.4. The molecule has 0 bridgehead atoms. The van der Waals surface area contributed by atoms with Crippen LogP contribution in [0.1, 0.15) is 25.0 Å². The van der Waals surface area contributed by atoms with Crippen LogP contribution in [0.25, 0.3) is 5.57 Å². The van der Waals surface area contributed by atoms with Gasteiger partial charge in [0.25, 0.3) is 11.8 Å². The Hall–Kier alpha value is -3.86. The summed E-state index contributed by atoms with van der Waals surface area (Å²) in [6, 6.07) is 26.5. The average Bonchev–Trinajstić information content (AvgIpc) is 3.03. The van der Waals surface area contributed by atoms with Gasteiger partial charge < -0.3 is 10.1 Å². The topological polar surface area (TPSA) is 58.6 Å². The molecule has 2 amide bonds. The van der Waals surface area contributed by atoms with Gasteiger partial charge in [-0.3, -0.25) is 14.5 Å². The number of carbonyl (C=O) groups is 2. The van der Waals surface area contributed by atoms with E-state index in [1.165, 1.54) is 4.90 Å². The molecule has 0 atom stereocenters. The van der Waals surface area contributed by atoms with E-state index < -0.39 is 0 Å². The molecule has 5 nitrogen and oxygen atoms in total. The van der Waals surface area contributed by atoms with Crippen molar-refractivity contribution in [1.29, 1.82) is 0 Å². The van der Waals surface area contributed by atoms with Gasteiger partial charge in [0.15, 0.2) is 0 Å². The maximum absolute atomic E-state index is 13.3. The van der Waals surface area contributed by atoms with E-state index in [0.717, 1.165) is 22.6 Å². The number of imide groups is 1. The quantitative estimate of drug-likeness (QED) is 0.520. The van der Waals surface area contributed by atoms with Crippen LogP contribution in [0, 0.1) is 0 Å². The third-order valence-electron chi connectivity index (χ3n) is 5.19. The van der Waals surface area contributed by atoms with Crippen LogP contribution in [0.5, 0.6) is 5.75 Å². The maximum atomic E-state index is 13.3. The first-order valence-electron chi connectivity index (χ1n) is 10.8. The Morgan fingerprint density at radius 3 is 2.06 bits per heavy atom. The Bertz CT molecular complexity index is 1120. The second-order valence-corrected chi connectivity index (χ2v) is 7.93. The van der Waals surface area contributed by atoms with E-state index in [-0.39, 0.29) is 17.9 Å². The van der Waals surface area contributed by atoms with Crippen LogP contribution in [0.2, 0.25) is 0 Å². The first-order valence-corrected chi connectivity index (χ1v) is 10.8. The number of hydrogen-bond acceptors (Lipinski definition) is 4.